The van der Waals surface area contributed by atoms with Crippen LogP contribution in [0.4, 0.5) is 18.9 Å². The third-order valence-electron chi connectivity index (χ3n) is 4.25. The Bertz CT molecular complexity index is 1080. The van der Waals surface area contributed by atoms with Gasteiger partial charge in [-0.3, -0.25) is 9.48 Å². The number of hydrogen-bond acceptors (Lipinski definition) is 4. The van der Waals surface area contributed by atoms with Gasteiger partial charge in [-0.1, -0.05) is 41.9 Å². The van der Waals surface area contributed by atoms with Crippen molar-refractivity contribution in [3.8, 4) is 0 Å². The fourth-order valence-corrected chi connectivity index (χ4v) is 2.90. The maximum Gasteiger partial charge on any atom is 0.417 e. The molecule has 10 heteroatoms. The number of rotatable bonds is 6. The lowest BCUT2D eigenvalue weighted by Gasteiger charge is -2.15. The first-order chi connectivity index (χ1) is 14.6. The minimum atomic E-state index is -4.67. The number of alkyl halides is 3. The van der Waals surface area contributed by atoms with E-state index in [0.717, 1.165) is 11.6 Å². The predicted octanol–water partition coefficient (Wildman–Crippen LogP) is 4.79. The molecule has 0 saturated carbocycles. The number of carbonyl (C=O) groups is 2. The molecular weight excluding hydrogens is 435 g/mol. The second-order valence-electron chi connectivity index (χ2n) is 6.64. The number of halogens is 4. The van der Waals surface area contributed by atoms with E-state index in [4.69, 9.17) is 16.3 Å². The lowest BCUT2D eigenvalue weighted by atomic mass is 10.2. The van der Waals surface area contributed by atoms with Crippen molar-refractivity contribution < 1.29 is 27.5 Å². The molecule has 0 aliphatic heterocycles. The summed E-state index contributed by atoms with van der Waals surface area (Å²) in [5.41, 5.74) is -0.0800. The fraction of sp³-hybridized carbons (Fsp3) is 0.190. The number of benzene rings is 2. The Morgan fingerprint density at radius 3 is 2.58 bits per heavy atom. The second kappa shape index (κ2) is 9.22. The Morgan fingerprint density at radius 1 is 1.19 bits per heavy atom. The summed E-state index contributed by atoms with van der Waals surface area (Å²) in [7, 11) is 0. The van der Waals surface area contributed by atoms with E-state index in [9.17, 15) is 22.8 Å². The minimum Gasteiger partial charge on any atom is -0.449 e. The zero-order valence-corrected chi connectivity index (χ0v) is 16.9. The number of ether oxygens (including phenoxy) is 1. The van der Waals surface area contributed by atoms with Crippen molar-refractivity contribution in [1.82, 2.24) is 9.78 Å². The summed E-state index contributed by atoms with van der Waals surface area (Å²) in [5, 5.41) is 5.88. The molecule has 0 radical (unpaired) electrons. The number of nitrogens with one attached hydrogen (secondary N) is 1. The summed E-state index contributed by atoms with van der Waals surface area (Å²) in [6, 6.07) is 12.4. The highest BCUT2D eigenvalue weighted by Gasteiger charge is 2.33. The van der Waals surface area contributed by atoms with E-state index < -0.39 is 34.7 Å². The van der Waals surface area contributed by atoms with Gasteiger partial charge >= 0.3 is 12.1 Å². The molecule has 2 aromatic carbocycles. The van der Waals surface area contributed by atoms with Gasteiger partial charge in [0.25, 0.3) is 5.91 Å². The molecule has 31 heavy (non-hydrogen) atoms. The molecule has 0 saturated heterocycles. The van der Waals surface area contributed by atoms with Crippen LogP contribution in [-0.2, 0) is 22.3 Å². The van der Waals surface area contributed by atoms with Crippen LogP contribution in [0, 0.1) is 0 Å². The molecular formula is C21H17ClF3N3O3. The molecule has 0 fully saturated rings. The molecule has 6 nitrogen and oxygen atoms in total. The molecule has 1 heterocycles. The summed E-state index contributed by atoms with van der Waals surface area (Å²) in [6.45, 7) is 1.75. The number of esters is 1. The standard InChI is InChI=1S/C21H17ClF3N3O3/c1-13(19(29)27-16-7-8-18(22)17(9-16)21(23,24)25)31-20(30)15-10-26-28(12-15)11-14-5-3-2-4-6-14/h2-10,12-13H,11H2,1H3,(H,27,29)/t13-/m0/s1. The number of amides is 1. The van der Waals surface area contributed by atoms with Crippen molar-refractivity contribution >= 4 is 29.2 Å². The number of anilines is 1. The van der Waals surface area contributed by atoms with E-state index in [1.807, 2.05) is 30.3 Å². The van der Waals surface area contributed by atoms with Gasteiger partial charge in [0.15, 0.2) is 6.10 Å². The van der Waals surface area contributed by atoms with E-state index in [1.165, 1.54) is 25.4 Å². The van der Waals surface area contributed by atoms with E-state index in [-0.39, 0.29) is 11.3 Å². The van der Waals surface area contributed by atoms with Gasteiger partial charge in [0.05, 0.1) is 28.9 Å². The Labute approximate surface area is 180 Å². The highest BCUT2D eigenvalue weighted by molar-refractivity contribution is 6.31. The van der Waals surface area contributed by atoms with E-state index in [0.29, 0.717) is 12.6 Å². The number of aromatic nitrogens is 2. The van der Waals surface area contributed by atoms with E-state index in [1.54, 1.807) is 4.68 Å². The van der Waals surface area contributed by atoms with Crippen LogP contribution in [0.5, 0.6) is 0 Å². The largest absolute Gasteiger partial charge is 0.449 e. The molecule has 0 bridgehead atoms. The minimum absolute atomic E-state index is 0.125. The van der Waals surface area contributed by atoms with Gasteiger partial charge in [-0.05, 0) is 30.7 Å². The van der Waals surface area contributed by atoms with Crippen LogP contribution in [-0.4, -0.2) is 27.8 Å². The number of carbonyl (C=O) groups excluding carboxylic acids is 2. The normalized spacial score (nSPS) is 12.3. The van der Waals surface area contributed by atoms with Gasteiger partial charge in [-0.25, -0.2) is 4.79 Å². The molecule has 0 aliphatic rings. The smallest absolute Gasteiger partial charge is 0.417 e. The van der Waals surface area contributed by atoms with Crippen LogP contribution in [0.25, 0.3) is 0 Å². The quantitative estimate of drug-likeness (QED) is 0.547. The summed E-state index contributed by atoms with van der Waals surface area (Å²) in [5.74, 6) is -1.57. The lowest BCUT2D eigenvalue weighted by Crippen LogP contribution is -2.30. The van der Waals surface area contributed by atoms with Gasteiger partial charge in [0, 0.05) is 11.9 Å². The molecule has 1 aromatic heterocycles. The molecule has 162 valence electrons. The van der Waals surface area contributed by atoms with Crippen molar-refractivity contribution in [2.75, 3.05) is 5.32 Å². The molecule has 0 unspecified atom stereocenters. The molecule has 0 spiro atoms. The topological polar surface area (TPSA) is 73.2 Å². The van der Waals surface area contributed by atoms with Crippen LogP contribution < -0.4 is 5.32 Å². The van der Waals surface area contributed by atoms with Crippen molar-refractivity contribution in [2.24, 2.45) is 0 Å². The third-order valence-corrected chi connectivity index (χ3v) is 4.58. The highest BCUT2D eigenvalue weighted by atomic mass is 35.5. The number of nitrogens with zero attached hydrogens (tertiary/aromatic N) is 2. The van der Waals surface area contributed by atoms with E-state index in [2.05, 4.69) is 10.4 Å². The average molecular weight is 452 g/mol. The van der Waals surface area contributed by atoms with Gasteiger partial charge in [0.2, 0.25) is 0 Å². The zero-order valence-electron chi connectivity index (χ0n) is 16.2. The first-order valence-electron chi connectivity index (χ1n) is 9.08. The van der Waals surface area contributed by atoms with Crippen molar-refractivity contribution in [1.29, 1.82) is 0 Å². The predicted molar refractivity (Wildman–Crippen MR) is 108 cm³/mol. The molecule has 1 amide bonds. The summed E-state index contributed by atoms with van der Waals surface area (Å²) in [4.78, 5) is 24.5. The Morgan fingerprint density at radius 2 is 1.90 bits per heavy atom. The van der Waals surface area contributed by atoms with Crippen molar-refractivity contribution in [2.45, 2.75) is 25.7 Å². The lowest BCUT2D eigenvalue weighted by molar-refractivity contribution is -0.137. The van der Waals surface area contributed by atoms with Gasteiger partial charge in [-0.15, -0.1) is 0 Å². The Hall–Kier alpha value is -3.33. The van der Waals surface area contributed by atoms with Crippen LogP contribution in [0.2, 0.25) is 5.02 Å². The third kappa shape index (κ3) is 5.85. The molecule has 1 N–H and O–H groups in total. The molecule has 0 aliphatic carbocycles. The van der Waals surface area contributed by atoms with Gasteiger partial charge in [0.1, 0.15) is 0 Å². The maximum absolute atomic E-state index is 12.9. The molecule has 3 rings (SSSR count). The van der Waals surface area contributed by atoms with Crippen molar-refractivity contribution in [3.05, 3.63) is 82.6 Å². The van der Waals surface area contributed by atoms with E-state index >= 15 is 0 Å². The number of hydrogen-bond donors (Lipinski definition) is 1. The van der Waals surface area contributed by atoms with Gasteiger partial charge < -0.3 is 10.1 Å². The fourth-order valence-electron chi connectivity index (χ4n) is 2.67. The SMILES string of the molecule is C[C@H](OC(=O)c1cnn(Cc2ccccc2)c1)C(=O)Nc1ccc(Cl)c(C(F)(F)F)c1. The van der Waals surface area contributed by atoms with Crippen molar-refractivity contribution in [3.63, 3.8) is 0 Å². The van der Waals surface area contributed by atoms with Crippen LogP contribution >= 0.6 is 11.6 Å². The summed E-state index contributed by atoms with van der Waals surface area (Å²) in [6.07, 6.45) is -3.13. The summed E-state index contributed by atoms with van der Waals surface area (Å²) >= 11 is 5.56. The first-order valence-corrected chi connectivity index (χ1v) is 9.46. The highest BCUT2D eigenvalue weighted by Crippen LogP contribution is 2.36. The van der Waals surface area contributed by atoms with Crippen LogP contribution in [0.15, 0.2) is 60.9 Å². The van der Waals surface area contributed by atoms with Crippen LogP contribution in [0.1, 0.15) is 28.4 Å². The van der Waals surface area contributed by atoms with Crippen LogP contribution in [0.3, 0.4) is 0 Å². The summed E-state index contributed by atoms with van der Waals surface area (Å²) < 4.78 is 45.5. The monoisotopic (exact) mass is 451 g/mol. The Balaban J connectivity index is 1.60. The maximum atomic E-state index is 12.9. The first kappa shape index (κ1) is 22.4. The average Bonchev–Trinajstić information content (AvgIpc) is 3.18. The Kier molecular flexibility index (Phi) is 6.65. The van der Waals surface area contributed by atoms with Gasteiger partial charge in [-0.2, -0.15) is 18.3 Å². The molecule has 1 atom stereocenters. The zero-order chi connectivity index (χ0) is 22.6. The molecule has 3 aromatic rings. The second-order valence-corrected chi connectivity index (χ2v) is 7.05.